The number of carboxylic acids is 1. The molecule has 0 bridgehead atoms. The van der Waals surface area contributed by atoms with Crippen molar-refractivity contribution in [3.8, 4) is 11.1 Å². The molecule has 6 heteroatoms. The van der Waals surface area contributed by atoms with Crippen LogP contribution in [0.5, 0.6) is 0 Å². The number of carbonyl (C=O) groups is 2. The van der Waals surface area contributed by atoms with Crippen molar-refractivity contribution < 1.29 is 23.8 Å². The van der Waals surface area contributed by atoms with Crippen LogP contribution in [-0.2, 0) is 9.53 Å². The predicted molar refractivity (Wildman–Crippen MR) is 114 cm³/mol. The van der Waals surface area contributed by atoms with Crippen LogP contribution in [0.15, 0.2) is 66.7 Å². The molecule has 0 unspecified atom stereocenters. The van der Waals surface area contributed by atoms with E-state index < -0.39 is 23.9 Å². The van der Waals surface area contributed by atoms with Gasteiger partial charge in [0, 0.05) is 5.92 Å². The van der Waals surface area contributed by atoms with Crippen LogP contribution in [0.3, 0.4) is 0 Å². The molecule has 3 aromatic carbocycles. The lowest BCUT2D eigenvalue weighted by atomic mass is 9.98. The fraction of sp³-hybridized carbons (Fsp3) is 0.200. The Bertz CT molecular complexity index is 1100. The van der Waals surface area contributed by atoms with Crippen LogP contribution in [-0.4, -0.2) is 23.8 Å². The highest BCUT2D eigenvalue weighted by Gasteiger charge is 2.29. The molecular weight excluding hydrogens is 397 g/mol. The van der Waals surface area contributed by atoms with Crippen LogP contribution in [0.4, 0.5) is 9.18 Å². The van der Waals surface area contributed by atoms with Gasteiger partial charge in [-0.25, -0.2) is 9.18 Å². The third-order valence-corrected chi connectivity index (χ3v) is 5.61. The summed E-state index contributed by atoms with van der Waals surface area (Å²) in [4.78, 5) is 23.8. The van der Waals surface area contributed by atoms with Crippen LogP contribution in [0.25, 0.3) is 11.1 Å². The molecule has 1 aliphatic rings. The van der Waals surface area contributed by atoms with Crippen LogP contribution in [0.1, 0.15) is 40.6 Å². The number of nitrogens with one attached hydrogen (secondary N) is 1. The number of aliphatic carboxylic acids is 1. The lowest BCUT2D eigenvalue weighted by Gasteiger charge is -2.19. The van der Waals surface area contributed by atoms with E-state index in [0.29, 0.717) is 11.1 Å². The first-order valence-electron chi connectivity index (χ1n) is 10.0. The smallest absolute Gasteiger partial charge is 0.407 e. The fourth-order valence-corrected chi connectivity index (χ4v) is 4.04. The maximum atomic E-state index is 14.0. The topological polar surface area (TPSA) is 75.6 Å². The van der Waals surface area contributed by atoms with Gasteiger partial charge >= 0.3 is 12.1 Å². The van der Waals surface area contributed by atoms with Gasteiger partial charge in [0.15, 0.2) is 0 Å². The second-order valence-electron chi connectivity index (χ2n) is 7.63. The first-order chi connectivity index (χ1) is 14.9. The molecule has 2 N–H and O–H groups in total. The summed E-state index contributed by atoms with van der Waals surface area (Å²) in [6, 6.07) is 19.5. The molecule has 1 aliphatic carbocycles. The molecule has 3 aromatic rings. The minimum absolute atomic E-state index is 0.104. The van der Waals surface area contributed by atoms with E-state index >= 15 is 0 Å². The third kappa shape index (κ3) is 4.28. The Morgan fingerprint density at radius 2 is 1.65 bits per heavy atom. The molecule has 1 amide bonds. The normalized spacial score (nSPS) is 13.2. The number of aryl methyl sites for hydroxylation is 1. The minimum atomic E-state index is -1.11. The number of alkyl carbamates (subject to hydrolysis) is 1. The van der Waals surface area contributed by atoms with Crippen LogP contribution in [0.2, 0.25) is 0 Å². The number of fused-ring (bicyclic) bond motifs is 3. The number of rotatable bonds is 6. The van der Waals surface area contributed by atoms with Crippen LogP contribution in [0, 0.1) is 12.7 Å². The number of hydrogen-bond acceptors (Lipinski definition) is 3. The molecule has 0 saturated heterocycles. The van der Waals surface area contributed by atoms with Gasteiger partial charge < -0.3 is 15.2 Å². The zero-order valence-corrected chi connectivity index (χ0v) is 17.0. The molecule has 0 heterocycles. The quantitative estimate of drug-likeness (QED) is 0.577. The number of benzene rings is 3. The Labute approximate surface area is 179 Å². The van der Waals surface area contributed by atoms with E-state index in [0.717, 1.165) is 22.3 Å². The standard InChI is InChI=1S/C25H22FNO4/c1-15-10-11-16(12-22(15)26)23(13-24(28)29)27-25(30)31-14-21-19-8-4-2-6-17(19)18-7-3-5-9-20(18)21/h2-12,21,23H,13-14H2,1H3,(H,27,30)(H,28,29)/t23-/m1/s1. The van der Waals surface area contributed by atoms with Gasteiger partial charge in [0.25, 0.3) is 0 Å². The minimum Gasteiger partial charge on any atom is -0.481 e. The Morgan fingerprint density at radius 3 is 2.23 bits per heavy atom. The van der Waals surface area contributed by atoms with Gasteiger partial charge in [0.05, 0.1) is 12.5 Å². The van der Waals surface area contributed by atoms with Gasteiger partial charge in [-0.3, -0.25) is 4.79 Å². The molecule has 0 aliphatic heterocycles. The van der Waals surface area contributed by atoms with E-state index in [1.54, 1.807) is 19.1 Å². The van der Waals surface area contributed by atoms with Gasteiger partial charge in [-0.1, -0.05) is 60.7 Å². The summed E-state index contributed by atoms with van der Waals surface area (Å²) in [7, 11) is 0. The average molecular weight is 419 g/mol. The van der Waals surface area contributed by atoms with Crippen molar-refractivity contribution in [3.05, 3.63) is 94.8 Å². The summed E-state index contributed by atoms with van der Waals surface area (Å²) in [5.41, 5.74) is 5.22. The van der Waals surface area contributed by atoms with Crippen molar-refractivity contribution in [2.45, 2.75) is 25.3 Å². The highest BCUT2D eigenvalue weighted by molar-refractivity contribution is 5.79. The van der Waals surface area contributed by atoms with Gasteiger partial charge in [-0.2, -0.15) is 0 Å². The SMILES string of the molecule is Cc1ccc([C@@H](CC(=O)O)NC(=O)OCC2c3ccccc3-c3ccccc32)cc1F. The van der Waals surface area contributed by atoms with E-state index in [1.165, 1.54) is 6.07 Å². The summed E-state index contributed by atoms with van der Waals surface area (Å²) < 4.78 is 19.4. The molecule has 158 valence electrons. The summed E-state index contributed by atoms with van der Waals surface area (Å²) in [5, 5.41) is 11.8. The number of hydrogen-bond donors (Lipinski definition) is 2. The third-order valence-electron chi connectivity index (χ3n) is 5.61. The molecule has 0 saturated carbocycles. The van der Waals surface area contributed by atoms with E-state index in [9.17, 15) is 19.1 Å². The number of carboxylic acid groups (broad SMARTS) is 1. The molecule has 31 heavy (non-hydrogen) atoms. The Morgan fingerprint density at radius 1 is 1.03 bits per heavy atom. The van der Waals surface area contributed by atoms with Crippen molar-refractivity contribution in [1.29, 1.82) is 0 Å². The van der Waals surface area contributed by atoms with E-state index in [4.69, 9.17) is 4.74 Å². The van der Waals surface area contributed by atoms with Gasteiger partial charge in [-0.05, 0) is 46.4 Å². The zero-order chi connectivity index (χ0) is 22.0. The summed E-state index contributed by atoms with van der Waals surface area (Å²) in [6.45, 7) is 1.73. The second kappa shape index (κ2) is 8.60. The summed E-state index contributed by atoms with van der Waals surface area (Å²) in [6.07, 6.45) is -1.12. The highest BCUT2D eigenvalue weighted by Crippen LogP contribution is 2.44. The zero-order valence-electron chi connectivity index (χ0n) is 17.0. The van der Waals surface area contributed by atoms with E-state index in [-0.39, 0.29) is 18.9 Å². The van der Waals surface area contributed by atoms with Crippen molar-refractivity contribution in [3.63, 3.8) is 0 Å². The molecule has 0 fully saturated rings. The molecule has 0 radical (unpaired) electrons. The molecule has 0 spiro atoms. The lowest BCUT2D eigenvalue weighted by molar-refractivity contribution is -0.137. The average Bonchev–Trinajstić information content (AvgIpc) is 3.07. The number of halogens is 1. The highest BCUT2D eigenvalue weighted by atomic mass is 19.1. The van der Waals surface area contributed by atoms with Crippen molar-refractivity contribution >= 4 is 12.1 Å². The molecule has 1 atom stereocenters. The number of carbonyl (C=O) groups excluding carboxylic acids is 1. The molecule has 4 rings (SSSR count). The van der Waals surface area contributed by atoms with Crippen molar-refractivity contribution in [1.82, 2.24) is 5.32 Å². The maximum Gasteiger partial charge on any atom is 0.407 e. The van der Waals surface area contributed by atoms with Crippen LogP contribution >= 0.6 is 0 Å². The van der Waals surface area contributed by atoms with Crippen LogP contribution < -0.4 is 5.32 Å². The van der Waals surface area contributed by atoms with Gasteiger partial charge in [0.1, 0.15) is 12.4 Å². The monoisotopic (exact) mass is 419 g/mol. The Kier molecular flexibility index (Phi) is 5.71. The number of amides is 1. The van der Waals surface area contributed by atoms with E-state index in [2.05, 4.69) is 5.32 Å². The molecule has 0 aromatic heterocycles. The first kappa shape index (κ1) is 20.6. The Balaban J connectivity index is 1.49. The molecule has 5 nitrogen and oxygen atoms in total. The second-order valence-corrected chi connectivity index (χ2v) is 7.63. The van der Waals surface area contributed by atoms with Crippen molar-refractivity contribution in [2.24, 2.45) is 0 Å². The predicted octanol–water partition coefficient (Wildman–Crippen LogP) is 5.19. The maximum absolute atomic E-state index is 14.0. The molecular formula is C25H22FNO4. The first-order valence-corrected chi connectivity index (χ1v) is 10.0. The van der Waals surface area contributed by atoms with Gasteiger partial charge in [0.2, 0.25) is 0 Å². The number of ether oxygens (including phenoxy) is 1. The summed E-state index contributed by atoms with van der Waals surface area (Å²) in [5.74, 6) is -1.67. The summed E-state index contributed by atoms with van der Waals surface area (Å²) >= 11 is 0. The Hall–Kier alpha value is -3.67. The van der Waals surface area contributed by atoms with Gasteiger partial charge in [-0.15, -0.1) is 0 Å². The largest absolute Gasteiger partial charge is 0.481 e. The van der Waals surface area contributed by atoms with E-state index in [1.807, 2.05) is 48.5 Å². The fourth-order valence-electron chi connectivity index (χ4n) is 4.04. The van der Waals surface area contributed by atoms with Crippen molar-refractivity contribution in [2.75, 3.05) is 6.61 Å². The lowest BCUT2D eigenvalue weighted by Crippen LogP contribution is -2.31.